The molecule has 0 atom stereocenters. The molecule has 1 aromatic heterocycles. The van der Waals surface area contributed by atoms with Gasteiger partial charge in [0.15, 0.2) is 5.76 Å². The first kappa shape index (κ1) is 16.0. The van der Waals surface area contributed by atoms with Crippen LogP contribution in [-0.4, -0.2) is 16.2 Å². The molecule has 0 fully saturated rings. The molecule has 2 aromatic carbocycles. The Kier molecular flexibility index (Phi) is 4.58. The zero-order valence-electron chi connectivity index (χ0n) is 13.0. The number of nitriles is 1. The van der Waals surface area contributed by atoms with Gasteiger partial charge in [-0.25, -0.2) is 4.79 Å². The molecule has 6 heteroatoms. The Bertz CT molecular complexity index is 952. The van der Waals surface area contributed by atoms with Gasteiger partial charge in [0.2, 0.25) is 0 Å². The van der Waals surface area contributed by atoms with Gasteiger partial charge in [-0.15, -0.1) is 0 Å². The number of hydrogen-bond acceptors (Lipinski definition) is 5. The second-order valence-corrected chi connectivity index (χ2v) is 5.11. The van der Waals surface area contributed by atoms with Crippen molar-refractivity contribution in [2.45, 2.75) is 0 Å². The summed E-state index contributed by atoms with van der Waals surface area (Å²) in [4.78, 5) is 10.8. The monoisotopic (exact) mass is 331 g/mol. The molecule has 0 radical (unpaired) electrons. The number of carboxylic acid groups (broad SMARTS) is 1. The number of nitrogens with one attached hydrogen (secondary N) is 1. The summed E-state index contributed by atoms with van der Waals surface area (Å²) >= 11 is 0. The highest BCUT2D eigenvalue weighted by Gasteiger charge is 2.15. The van der Waals surface area contributed by atoms with Gasteiger partial charge in [-0.1, -0.05) is 35.5 Å². The van der Waals surface area contributed by atoms with Crippen LogP contribution in [0, 0.1) is 11.3 Å². The summed E-state index contributed by atoms with van der Waals surface area (Å²) in [6, 6.07) is 17.7. The summed E-state index contributed by atoms with van der Waals surface area (Å²) in [6.07, 6.45) is 3.20. The largest absolute Gasteiger partial charge is 0.478 e. The van der Waals surface area contributed by atoms with Crippen LogP contribution >= 0.6 is 0 Å². The highest BCUT2D eigenvalue weighted by molar-refractivity contribution is 5.88. The first-order valence-electron chi connectivity index (χ1n) is 7.40. The summed E-state index contributed by atoms with van der Waals surface area (Å²) < 4.78 is 5.25. The zero-order valence-corrected chi connectivity index (χ0v) is 13.0. The second-order valence-electron chi connectivity index (χ2n) is 5.11. The number of rotatable bonds is 5. The van der Waals surface area contributed by atoms with Crippen molar-refractivity contribution >= 4 is 17.7 Å². The predicted molar refractivity (Wildman–Crippen MR) is 92.7 cm³/mol. The lowest BCUT2D eigenvalue weighted by atomic mass is 10.1. The van der Waals surface area contributed by atoms with Crippen molar-refractivity contribution in [1.29, 1.82) is 5.26 Å². The van der Waals surface area contributed by atoms with Crippen LogP contribution < -0.4 is 5.32 Å². The molecular formula is C19H13N3O3. The number of aromatic nitrogens is 1. The summed E-state index contributed by atoms with van der Waals surface area (Å²) in [5.41, 5.74) is 2.57. The average molecular weight is 331 g/mol. The van der Waals surface area contributed by atoms with Crippen LogP contribution in [0.15, 0.2) is 65.3 Å². The molecule has 1 heterocycles. The molecule has 2 N–H and O–H groups in total. The van der Waals surface area contributed by atoms with E-state index in [1.165, 1.54) is 12.1 Å². The van der Waals surface area contributed by atoms with Crippen LogP contribution in [0.2, 0.25) is 0 Å². The summed E-state index contributed by atoms with van der Waals surface area (Å²) in [5, 5.41) is 25.2. The number of benzene rings is 2. The maximum Gasteiger partial charge on any atom is 0.335 e. The number of carboxylic acids is 1. The number of nitrogens with zero attached hydrogens (tertiary/aromatic N) is 2. The van der Waals surface area contributed by atoms with Gasteiger partial charge in [0, 0.05) is 23.5 Å². The van der Waals surface area contributed by atoms with Crippen LogP contribution in [0.3, 0.4) is 0 Å². The van der Waals surface area contributed by atoms with Gasteiger partial charge in [0.1, 0.15) is 17.3 Å². The predicted octanol–water partition coefficient (Wildman–Crippen LogP) is 3.99. The molecule has 0 amide bonds. The fourth-order valence-electron chi connectivity index (χ4n) is 2.24. The smallest absolute Gasteiger partial charge is 0.335 e. The first-order valence-corrected chi connectivity index (χ1v) is 7.40. The third-order valence-electron chi connectivity index (χ3n) is 3.49. The topological polar surface area (TPSA) is 99.2 Å². The minimum absolute atomic E-state index is 0.212. The summed E-state index contributed by atoms with van der Waals surface area (Å²) in [6.45, 7) is 0. The van der Waals surface area contributed by atoms with E-state index in [1.807, 2.05) is 30.3 Å². The summed E-state index contributed by atoms with van der Waals surface area (Å²) in [7, 11) is 0. The lowest BCUT2D eigenvalue weighted by Crippen LogP contribution is -1.96. The average Bonchev–Trinajstić information content (AvgIpc) is 3.06. The van der Waals surface area contributed by atoms with E-state index < -0.39 is 5.97 Å². The Morgan fingerprint density at radius 2 is 1.88 bits per heavy atom. The molecule has 0 bridgehead atoms. The van der Waals surface area contributed by atoms with Crippen molar-refractivity contribution in [3.05, 3.63) is 77.7 Å². The highest BCUT2D eigenvalue weighted by atomic mass is 16.5. The van der Waals surface area contributed by atoms with Gasteiger partial charge in [-0.3, -0.25) is 0 Å². The van der Waals surface area contributed by atoms with Crippen molar-refractivity contribution in [1.82, 2.24) is 5.16 Å². The van der Waals surface area contributed by atoms with Crippen molar-refractivity contribution in [2.75, 3.05) is 5.32 Å². The Morgan fingerprint density at radius 3 is 2.52 bits per heavy atom. The molecule has 6 nitrogen and oxygen atoms in total. The van der Waals surface area contributed by atoms with Crippen LogP contribution in [0.4, 0.5) is 5.69 Å². The molecule has 0 saturated heterocycles. The molecule has 0 aliphatic rings. The van der Waals surface area contributed by atoms with Gasteiger partial charge in [0.25, 0.3) is 0 Å². The maximum absolute atomic E-state index is 10.8. The third-order valence-corrected chi connectivity index (χ3v) is 3.49. The van der Waals surface area contributed by atoms with Gasteiger partial charge in [-0.2, -0.15) is 5.26 Å². The lowest BCUT2D eigenvalue weighted by Gasteiger charge is -2.00. The molecule has 0 aliphatic carbocycles. The number of hydrogen-bond donors (Lipinski definition) is 2. The Morgan fingerprint density at radius 1 is 1.16 bits per heavy atom. The van der Waals surface area contributed by atoms with Gasteiger partial charge in [0.05, 0.1) is 5.56 Å². The lowest BCUT2D eigenvalue weighted by molar-refractivity contribution is 0.0697. The molecule has 25 heavy (non-hydrogen) atoms. The second kappa shape index (κ2) is 7.15. The SMILES string of the molecule is N#Cc1c(-c2ccccc2)noc1C=CNc1ccc(C(=O)O)cc1. The van der Waals surface area contributed by atoms with Crippen LogP contribution in [-0.2, 0) is 0 Å². The molecule has 3 aromatic rings. The fourth-order valence-corrected chi connectivity index (χ4v) is 2.24. The minimum Gasteiger partial charge on any atom is -0.478 e. The van der Waals surface area contributed by atoms with E-state index in [0.717, 1.165) is 5.56 Å². The van der Waals surface area contributed by atoms with E-state index in [1.54, 1.807) is 24.4 Å². The van der Waals surface area contributed by atoms with Crippen LogP contribution in [0.1, 0.15) is 21.7 Å². The van der Waals surface area contributed by atoms with E-state index in [2.05, 4.69) is 16.5 Å². The minimum atomic E-state index is -0.976. The summed E-state index contributed by atoms with van der Waals surface area (Å²) in [5.74, 6) is -0.633. The van der Waals surface area contributed by atoms with Crippen LogP contribution in [0.5, 0.6) is 0 Å². The van der Waals surface area contributed by atoms with Crippen molar-refractivity contribution in [2.24, 2.45) is 0 Å². The van der Waals surface area contributed by atoms with E-state index >= 15 is 0 Å². The number of carbonyl (C=O) groups is 1. The maximum atomic E-state index is 10.8. The molecular weight excluding hydrogens is 318 g/mol. The quantitative estimate of drug-likeness (QED) is 0.733. The van der Waals surface area contributed by atoms with E-state index in [4.69, 9.17) is 9.63 Å². The van der Waals surface area contributed by atoms with E-state index in [-0.39, 0.29) is 5.56 Å². The van der Waals surface area contributed by atoms with E-state index in [9.17, 15) is 10.1 Å². The van der Waals surface area contributed by atoms with Crippen molar-refractivity contribution in [3.63, 3.8) is 0 Å². The molecule has 0 aliphatic heterocycles. The standard InChI is InChI=1S/C19H13N3O3/c20-12-16-17(25-22-18(16)13-4-2-1-3-5-13)10-11-21-15-8-6-14(7-9-15)19(23)24/h1-11,21H,(H,23,24). The first-order chi connectivity index (χ1) is 12.2. The molecule has 0 spiro atoms. The Balaban J connectivity index is 1.77. The highest BCUT2D eigenvalue weighted by Crippen LogP contribution is 2.25. The van der Waals surface area contributed by atoms with Crippen molar-refractivity contribution in [3.8, 4) is 17.3 Å². The zero-order chi connectivity index (χ0) is 17.6. The van der Waals surface area contributed by atoms with Gasteiger partial charge < -0.3 is 14.9 Å². The Labute approximate surface area is 143 Å². The number of anilines is 1. The van der Waals surface area contributed by atoms with Crippen LogP contribution in [0.25, 0.3) is 17.3 Å². The third kappa shape index (κ3) is 3.57. The normalized spacial score (nSPS) is 10.5. The van der Waals surface area contributed by atoms with Crippen molar-refractivity contribution < 1.29 is 14.4 Å². The van der Waals surface area contributed by atoms with Gasteiger partial charge >= 0.3 is 5.97 Å². The Hall–Kier alpha value is -3.85. The molecule has 0 unspecified atom stereocenters. The van der Waals surface area contributed by atoms with Gasteiger partial charge in [-0.05, 0) is 24.3 Å². The molecule has 3 rings (SSSR count). The molecule has 0 saturated carbocycles. The molecule has 122 valence electrons. The number of aromatic carboxylic acids is 1. The van der Waals surface area contributed by atoms with E-state index in [0.29, 0.717) is 22.7 Å². The fraction of sp³-hybridized carbons (Fsp3) is 0.